The van der Waals surface area contributed by atoms with Gasteiger partial charge in [0.25, 0.3) is 5.91 Å². The number of nitrogen functional groups attached to an aromatic ring is 1. The van der Waals surface area contributed by atoms with Gasteiger partial charge in [-0.2, -0.15) is 0 Å². The monoisotopic (exact) mass is 519 g/mol. The summed E-state index contributed by atoms with van der Waals surface area (Å²) in [7, 11) is 0. The standard InChI is InChI=1S/C31H29N5O3/c32-27(37)15-16-31(26-9-5-2-6-10-26)29(38)35(30(39)36(31)20-21-7-3-1-4-8-21)19-22-11-12-23-13-14-24(28(33)34)18-25(23)17-22/h1-14,17-18H,15-16,19-20H2,(H2,32,37)(H3,33,34). The molecule has 0 saturated carbocycles. The molecule has 1 heterocycles. The van der Waals surface area contributed by atoms with Crippen LogP contribution in [0.25, 0.3) is 10.8 Å². The molecular weight excluding hydrogens is 490 g/mol. The number of fused-ring (bicyclic) bond motifs is 1. The second-order valence-electron chi connectivity index (χ2n) is 9.75. The Balaban J connectivity index is 1.58. The summed E-state index contributed by atoms with van der Waals surface area (Å²) in [6.07, 6.45) is 0.0107. The van der Waals surface area contributed by atoms with Crippen LogP contribution in [-0.4, -0.2) is 33.5 Å². The molecule has 1 aliphatic heterocycles. The van der Waals surface area contributed by atoms with Crippen molar-refractivity contribution in [1.29, 1.82) is 5.41 Å². The second-order valence-corrected chi connectivity index (χ2v) is 9.75. The van der Waals surface area contributed by atoms with Crippen LogP contribution in [0.15, 0.2) is 97.1 Å². The molecule has 1 aliphatic rings. The number of nitrogens with one attached hydrogen (secondary N) is 1. The number of nitrogens with two attached hydrogens (primary N) is 2. The molecule has 5 N–H and O–H groups in total. The number of carbonyl (C=O) groups excluding carboxylic acids is 3. The van der Waals surface area contributed by atoms with Gasteiger partial charge in [0.15, 0.2) is 0 Å². The van der Waals surface area contributed by atoms with Gasteiger partial charge in [0, 0.05) is 18.5 Å². The number of hydrogen-bond acceptors (Lipinski definition) is 4. The van der Waals surface area contributed by atoms with E-state index in [4.69, 9.17) is 16.9 Å². The zero-order chi connectivity index (χ0) is 27.6. The summed E-state index contributed by atoms with van der Waals surface area (Å²) in [6.45, 7) is 0.240. The number of benzene rings is 4. The maximum atomic E-state index is 14.3. The van der Waals surface area contributed by atoms with Gasteiger partial charge in [-0.15, -0.1) is 0 Å². The molecule has 5 rings (SSSR count). The van der Waals surface area contributed by atoms with Gasteiger partial charge < -0.3 is 16.4 Å². The Morgan fingerprint density at radius 1 is 0.769 bits per heavy atom. The van der Waals surface area contributed by atoms with E-state index in [9.17, 15) is 14.4 Å². The molecule has 1 atom stereocenters. The van der Waals surface area contributed by atoms with Crippen LogP contribution in [0.1, 0.15) is 35.1 Å². The third kappa shape index (κ3) is 4.84. The highest BCUT2D eigenvalue weighted by Crippen LogP contribution is 2.43. The first-order valence-corrected chi connectivity index (χ1v) is 12.7. The fraction of sp³-hybridized carbons (Fsp3) is 0.161. The van der Waals surface area contributed by atoms with E-state index in [0.29, 0.717) is 11.1 Å². The van der Waals surface area contributed by atoms with E-state index < -0.39 is 23.4 Å². The minimum atomic E-state index is -1.39. The zero-order valence-corrected chi connectivity index (χ0v) is 21.3. The topological polar surface area (TPSA) is 134 Å². The van der Waals surface area contributed by atoms with Gasteiger partial charge in [-0.1, -0.05) is 84.9 Å². The van der Waals surface area contributed by atoms with Crippen molar-refractivity contribution in [3.63, 3.8) is 0 Å². The molecule has 4 aromatic rings. The molecule has 0 aliphatic carbocycles. The van der Waals surface area contributed by atoms with E-state index in [1.165, 1.54) is 4.90 Å². The molecule has 8 nitrogen and oxygen atoms in total. The van der Waals surface area contributed by atoms with Gasteiger partial charge >= 0.3 is 6.03 Å². The van der Waals surface area contributed by atoms with Crippen LogP contribution >= 0.6 is 0 Å². The zero-order valence-electron chi connectivity index (χ0n) is 21.3. The highest BCUT2D eigenvalue weighted by molar-refractivity contribution is 6.07. The number of amidine groups is 1. The molecule has 196 valence electrons. The molecule has 0 aromatic heterocycles. The average Bonchev–Trinajstić information content (AvgIpc) is 3.14. The van der Waals surface area contributed by atoms with Gasteiger partial charge in [-0.3, -0.25) is 19.9 Å². The Bertz CT molecular complexity index is 1570. The number of imide groups is 1. The van der Waals surface area contributed by atoms with Crippen LogP contribution in [-0.2, 0) is 28.2 Å². The van der Waals surface area contributed by atoms with E-state index >= 15 is 0 Å². The summed E-state index contributed by atoms with van der Waals surface area (Å²) in [5.74, 6) is -0.973. The van der Waals surface area contributed by atoms with Crippen molar-refractivity contribution in [3.8, 4) is 0 Å². The molecular formula is C31H29N5O3. The van der Waals surface area contributed by atoms with Crippen molar-refractivity contribution >= 4 is 34.5 Å². The van der Waals surface area contributed by atoms with E-state index in [1.54, 1.807) is 11.0 Å². The summed E-state index contributed by atoms with van der Waals surface area (Å²) >= 11 is 0. The van der Waals surface area contributed by atoms with E-state index in [2.05, 4.69) is 0 Å². The van der Waals surface area contributed by atoms with Crippen LogP contribution in [0.2, 0.25) is 0 Å². The van der Waals surface area contributed by atoms with Crippen molar-refractivity contribution in [3.05, 3.63) is 119 Å². The van der Waals surface area contributed by atoms with Crippen LogP contribution in [0, 0.1) is 5.41 Å². The predicted molar refractivity (Wildman–Crippen MR) is 149 cm³/mol. The molecule has 4 amide bonds. The molecule has 4 aromatic carbocycles. The minimum Gasteiger partial charge on any atom is -0.384 e. The number of primary amides is 1. The average molecular weight is 520 g/mol. The molecule has 1 unspecified atom stereocenters. The van der Waals surface area contributed by atoms with Crippen molar-refractivity contribution in [2.24, 2.45) is 11.5 Å². The lowest BCUT2D eigenvalue weighted by molar-refractivity contribution is -0.135. The normalized spacial score (nSPS) is 17.1. The Morgan fingerprint density at radius 2 is 1.44 bits per heavy atom. The maximum absolute atomic E-state index is 14.3. The Kier molecular flexibility index (Phi) is 6.85. The van der Waals surface area contributed by atoms with Crippen molar-refractivity contribution in [2.75, 3.05) is 0 Å². The van der Waals surface area contributed by atoms with Crippen molar-refractivity contribution in [1.82, 2.24) is 9.80 Å². The van der Waals surface area contributed by atoms with E-state index in [0.717, 1.165) is 21.9 Å². The Morgan fingerprint density at radius 3 is 2.10 bits per heavy atom. The number of urea groups is 1. The first-order valence-electron chi connectivity index (χ1n) is 12.7. The molecule has 0 radical (unpaired) electrons. The summed E-state index contributed by atoms with van der Waals surface area (Å²) < 4.78 is 0. The highest BCUT2D eigenvalue weighted by Gasteiger charge is 2.57. The number of amides is 4. The smallest absolute Gasteiger partial charge is 0.328 e. The summed E-state index contributed by atoms with van der Waals surface area (Å²) in [5, 5.41) is 9.55. The van der Waals surface area contributed by atoms with Crippen molar-refractivity contribution in [2.45, 2.75) is 31.5 Å². The molecule has 0 spiro atoms. The van der Waals surface area contributed by atoms with E-state index in [-0.39, 0.29) is 31.8 Å². The van der Waals surface area contributed by atoms with Gasteiger partial charge in [0.1, 0.15) is 11.4 Å². The van der Waals surface area contributed by atoms with Crippen LogP contribution in [0.5, 0.6) is 0 Å². The van der Waals surface area contributed by atoms with Crippen LogP contribution in [0.4, 0.5) is 4.79 Å². The van der Waals surface area contributed by atoms with Crippen LogP contribution < -0.4 is 11.5 Å². The van der Waals surface area contributed by atoms with E-state index in [1.807, 2.05) is 91.0 Å². The van der Waals surface area contributed by atoms with Gasteiger partial charge in [0.05, 0.1) is 6.54 Å². The Hall–Kier alpha value is -4.98. The van der Waals surface area contributed by atoms with Gasteiger partial charge in [-0.05, 0) is 46.0 Å². The predicted octanol–water partition coefficient (Wildman–Crippen LogP) is 4.25. The summed E-state index contributed by atoms with van der Waals surface area (Å²) in [4.78, 5) is 43.1. The SMILES string of the molecule is N=C(N)c1ccc2ccc(CN3C(=O)N(Cc4ccccc4)C(CCC(N)=O)(c4ccccc4)C3=O)cc2c1. The number of nitrogens with zero attached hydrogens (tertiary/aromatic N) is 2. The largest absolute Gasteiger partial charge is 0.384 e. The second kappa shape index (κ2) is 10.4. The number of rotatable bonds is 9. The first-order chi connectivity index (χ1) is 18.8. The third-order valence-corrected chi connectivity index (χ3v) is 7.25. The third-order valence-electron chi connectivity index (χ3n) is 7.25. The molecule has 8 heteroatoms. The Labute approximate surface area is 226 Å². The lowest BCUT2D eigenvalue weighted by Crippen LogP contribution is -2.47. The fourth-order valence-electron chi connectivity index (χ4n) is 5.27. The van der Waals surface area contributed by atoms with Crippen LogP contribution in [0.3, 0.4) is 0 Å². The summed E-state index contributed by atoms with van der Waals surface area (Å²) in [6, 6.07) is 29.3. The minimum absolute atomic E-state index is 0.0362. The lowest BCUT2D eigenvalue weighted by Gasteiger charge is -2.35. The highest BCUT2D eigenvalue weighted by atomic mass is 16.2. The molecule has 39 heavy (non-hydrogen) atoms. The quantitative estimate of drug-likeness (QED) is 0.173. The molecule has 1 saturated heterocycles. The van der Waals surface area contributed by atoms with Gasteiger partial charge in [0.2, 0.25) is 5.91 Å². The van der Waals surface area contributed by atoms with Gasteiger partial charge in [-0.25, -0.2) is 4.79 Å². The lowest BCUT2D eigenvalue weighted by atomic mass is 9.83. The molecule has 1 fully saturated rings. The first kappa shape index (κ1) is 25.7. The molecule has 0 bridgehead atoms. The summed E-state index contributed by atoms with van der Waals surface area (Å²) in [5.41, 5.74) is 12.7. The number of carbonyl (C=O) groups is 3. The maximum Gasteiger partial charge on any atom is 0.328 e. The fourth-order valence-corrected chi connectivity index (χ4v) is 5.27. The van der Waals surface area contributed by atoms with Crippen molar-refractivity contribution < 1.29 is 14.4 Å². The number of hydrogen-bond donors (Lipinski definition) is 3.